The first-order chi connectivity index (χ1) is 14.4. The molecule has 1 saturated heterocycles. The van der Waals surface area contributed by atoms with Crippen LogP contribution in [0.2, 0.25) is 0 Å². The number of halogens is 1. The van der Waals surface area contributed by atoms with Crippen LogP contribution in [0.4, 0.5) is 4.39 Å². The summed E-state index contributed by atoms with van der Waals surface area (Å²) in [7, 11) is -3.22. The van der Waals surface area contributed by atoms with E-state index in [-0.39, 0.29) is 5.60 Å². The molecule has 2 aromatic rings. The van der Waals surface area contributed by atoms with Gasteiger partial charge in [0.05, 0.1) is 16.8 Å². The molecule has 168 valence electrons. The van der Waals surface area contributed by atoms with Gasteiger partial charge in [-0.3, -0.25) is 4.98 Å². The Labute approximate surface area is 184 Å². The van der Waals surface area contributed by atoms with Crippen LogP contribution in [0.15, 0.2) is 41.4 Å². The molecular formula is C24H31FN2O3S. The Morgan fingerprint density at radius 1 is 1.23 bits per heavy atom. The number of aromatic nitrogens is 1. The van der Waals surface area contributed by atoms with E-state index in [0.717, 1.165) is 54.9 Å². The highest BCUT2D eigenvalue weighted by atomic mass is 32.2. The van der Waals surface area contributed by atoms with Crippen molar-refractivity contribution in [1.29, 1.82) is 0 Å². The van der Waals surface area contributed by atoms with Crippen molar-refractivity contribution in [2.45, 2.75) is 56.2 Å². The number of piperidine rings is 1. The number of benzene rings is 1. The van der Waals surface area contributed by atoms with E-state index in [9.17, 15) is 12.8 Å². The summed E-state index contributed by atoms with van der Waals surface area (Å²) in [6.07, 6.45) is 5.79. The SMILES string of the molecule is CC(C)(F)CN1CCC(C2(C)Cc3cc(-c4ccc(S(C)(=O)=O)cc4)ncc3O2)CC1. The normalized spacial score (nSPS) is 22.9. The Hall–Kier alpha value is -1.99. The van der Waals surface area contributed by atoms with Gasteiger partial charge in [0.25, 0.3) is 0 Å². The molecule has 1 unspecified atom stereocenters. The first kappa shape index (κ1) is 22.2. The van der Waals surface area contributed by atoms with E-state index >= 15 is 0 Å². The summed E-state index contributed by atoms with van der Waals surface area (Å²) in [4.78, 5) is 7.06. The van der Waals surface area contributed by atoms with Crippen LogP contribution in [-0.2, 0) is 16.3 Å². The van der Waals surface area contributed by atoms with E-state index < -0.39 is 15.5 Å². The van der Waals surface area contributed by atoms with Crippen LogP contribution in [0.1, 0.15) is 39.2 Å². The van der Waals surface area contributed by atoms with Crippen LogP contribution in [0.5, 0.6) is 5.75 Å². The number of likely N-dealkylation sites (tertiary alicyclic amines) is 1. The standard InChI is InChI=1S/C24H31FN2O3S/c1-23(2,25)16-27-11-9-19(10-12-27)24(3)14-18-13-21(26-15-22(18)30-24)17-5-7-20(8-6-17)31(4,28)29/h5-8,13,15,19H,9-12,14,16H2,1-4H3. The summed E-state index contributed by atoms with van der Waals surface area (Å²) < 4.78 is 43.8. The fraction of sp³-hybridized carbons (Fsp3) is 0.542. The van der Waals surface area contributed by atoms with Crippen LogP contribution < -0.4 is 4.74 Å². The summed E-state index contributed by atoms with van der Waals surface area (Å²) in [6, 6.07) is 8.88. The minimum Gasteiger partial charge on any atom is -0.485 e. The monoisotopic (exact) mass is 446 g/mol. The predicted octanol–water partition coefficient (Wildman–Crippen LogP) is 4.31. The maximum absolute atomic E-state index is 14.0. The molecule has 0 bridgehead atoms. The van der Waals surface area contributed by atoms with Gasteiger partial charge in [0, 0.05) is 36.3 Å². The summed E-state index contributed by atoms with van der Waals surface area (Å²) in [5.74, 6) is 1.24. The van der Waals surface area contributed by atoms with Crippen LogP contribution in [0.25, 0.3) is 11.3 Å². The number of alkyl halides is 1. The lowest BCUT2D eigenvalue weighted by Gasteiger charge is -2.41. The van der Waals surface area contributed by atoms with Crippen molar-refractivity contribution in [1.82, 2.24) is 9.88 Å². The lowest BCUT2D eigenvalue weighted by atomic mass is 9.79. The van der Waals surface area contributed by atoms with Gasteiger partial charge in [-0.1, -0.05) is 12.1 Å². The molecule has 2 aliphatic heterocycles. The van der Waals surface area contributed by atoms with Gasteiger partial charge in [-0.2, -0.15) is 0 Å². The van der Waals surface area contributed by atoms with Crippen LogP contribution in [0, 0.1) is 5.92 Å². The quantitative estimate of drug-likeness (QED) is 0.685. The van der Waals surface area contributed by atoms with Gasteiger partial charge in [0.15, 0.2) is 9.84 Å². The second kappa shape index (κ2) is 7.85. The molecular weight excluding hydrogens is 415 g/mol. The van der Waals surface area contributed by atoms with Crippen molar-refractivity contribution < 1.29 is 17.5 Å². The summed E-state index contributed by atoms with van der Waals surface area (Å²) in [6.45, 7) is 7.70. The van der Waals surface area contributed by atoms with Gasteiger partial charge in [-0.15, -0.1) is 0 Å². The van der Waals surface area contributed by atoms with Crippen LogP contribution in [0.3, 0.4) is 0 Å². The number of nitrogens with zero attached hydrogens (tertiary/aromatic N) is 2. The number of hydrogen-bond acceptors (Lipinski definition) is 5. The zero-order valence-corrected chi connectivity index (χ0v) is 19.5. The van der Waals surface area contributed by atoms with E-state index in [4.69, 9.17) is 4.74 Å². The molecule has 31 heavy (non-hydrogen) atoms. The smallest absolute Gasteiger partial charge is 0.175 e. The first-order valence-corrected chi connectivity index (χ1v) is 12.7. The Kier molecular flexibility index (Phi) is 5.63. The minimum absolute atomic E-state index is 0.278. The van der Waals surface area contributed by atoms with E-state index in [0.29, 0.717) is 17.4 Å². The molecule has 0 radical (unpaired) electrons. The van der Waals surface area contributed by atoms with E-state index in [1.54, 1.807) is 44.3 Å². The van der Waals surface area contributed by atoms with E-state index in [2.05, 4.69) is 22.9 Å². The van der Waals surface area contributed by atoms with Gasteiger partial charge in [0.2, 0.25) is 0 Å². The number of rotatable bonds is 5. The second-order valence-electron chi connectivity index (χ2n) is 9.83. The molecule has 0 amide bonds. The van der Waals surface area contributed by atoms with Crippen LogP contribution in [-0.4, -0.2) is 55.5 Å². The molecule has 1 atom stereocenters. The molecule has 0 N–H and O–H groups in total. The summed E-state index contributed by atoms with van der Waals surface area (Å²) >= 11 is 0. The van der Waals surface area contributed by atoms with Gasteiger partial charge >= 0.3 is 0 Å². The van der Waals surface area contributed by atoms with Crippen LogP contribution >= 0.6 is 0 Å². The van der Waals surface area contributed by atoms with Crippen molar-refractivity contribution in [3.05, 3.63) is 42.1 Å². The number of pyridine rings is 1. The van der Waals surface area contributed by atoms with Gasteiger partial charge in [0.1, 0.15) is 17.0 Å². The third-order valence-corrected chi connectivity index (χ3v) is 7.59. The fourth-order valence-corrected chi connectivity index (χ4v) is 5.50. The zero-order chi connectivity index (χ0) is 22.4. The summed E-state index contributed by atoms with van der Waals surface area (Å²) in [5.41, 5.74) is 1.38. The first-order valence-electron chi connectivity index (χ1n) is 10.8. The molecule has 7 heteroatoms. The average molecular weight is 447 g/mol. The second-order valence-corrected chi connectivity index (χ2v) is 11.9. The zero-order valence-electron chi connectivity index (χ0n) is 18.7. The average Bonchev–Trinajstić information content (AvgIpc) is 3.03. The molecule has 0 aliphatic carbocycles. The number of sulfone groups is 1. The maximum Gasteiger partial charge on any atom is 0.175 e. The fourth-order valence-electron chi connectivity index (χ4n) is 4.87. The molecule has 2 aliphatic rings. The predicted molar refractivity (Wildman–Crippen MR) is 120 cm³/mol. The lowest BCUT2D eigenvalue weighted by molar-refractivity contribution is 0.00235. The van der Waals surface area contributed by atoms with E-state index in [1.807, 2.05) is 0 Å². The highest BCUT2D eigenvalue weighted by Gasteiger charge is 2.43. The molecule has 1 fully saturated rings. The minimum atomic E-state index is -3.22. The van der Waals surface area contributed by atoms with Crippen molar-refractivity contribution in [3.63, 3.8) is 0 Å². The molecule has 3 heterocycles. The third kappa shape index (κ3) is 4.93. The molecule has 1 aromatic carbocycles. The topological polar surface area (TPSA) is 59.5 Å². The molecule has 0 spiro atoms. The number of fused-ring (bicyclic) bond motifs is 1. The number of ether oxygens (including phenoxy) is 1. The Balaban J connectivity index is 1.46. The van der Waals surface area contributed by atoms with Gasteiger partial charge < -0.3 is 9.64 Å². The van der Waals surface area contributed by atoms with Crippen molar-refractivity contribution in [2.75, 3.05) is 25.9 Å². The lowest BCUT2D eigenvalue weighted by Crippen LogP contribution is -2.48. The van der Waals surface area contributed by atoms with E-state index in [1.165, 1.54) is 6.26 Å². The Morgan fingerprint density at radius 2 is 1.87 bits per heavy atom. The number of hydrogen-bond donors (Lipinski definition) is 0. The molecule has 0 saturated carbocycles. The van der Waals surface area contributed by atoms with Gasteiger partial charge in [-0.25, -0.2) is 12.8 Å². The maximum atomic E-state index is 14.0. The largest absolute Gasteiger partial charge is 0.485 e. The Bertz CT molecular complexity index is 1060. The molecule has 5 nitrogen and oxygen atoms in total. The molecule has 4 rings (SSSR count). The third-order valence-electron chi connectivity index (χ3n) is 6.46. The highest BCUT2D eigenvalue weighted by Crippen LogP contribution is 2.43. The van der Waals surface area contributed by atoms with Crippen molar-refractivity contribution >= 4 is 9.84 Å². The van der Waals surface area contributed by atoms with Crippen molar-refractivity contribution in [2.24, 2.45) is 5.92 Å². The molecule has 1 aromatic heterocycles. The van der Waals surface area contributed by atoms with Crippen molar-refractivity contribution in [3.8, 4) is 17.0 Å². The highest BCUT2D eigenvalue weighted by molar-refractivity contribution is 7.90. The van der Waals surface area contributed by atoms with Gasteiger partial charge in [-0.05, 0) is 64.9 Å². The Morgan fingerprint density at radius 3 is 2.45 bits per heavy atom. The summed E-state index contributed by atoms with van der Waals surface area (Å²) in [5, 5.41) is 0.